The minimum Gasteiger partial charge on any atom is -0.478 e. The summed E-state index contributed by atoms with van der Waals surface area (Å²) in [5.41, 5.74) is 9.66. The van der Waals surface area contributed by atoms with Gasteiger partial charge in [-0.2, -0.15) is 4.98 Å². The van der Waals surface area contributed by atoms with Crippen LogP contribution in [0.5, 0.6) is 5.88 Å². The Hall–Kier alpha value is -3.66. The summed E-state index contributed by atoms with van der Waals surface area (Å²) in [5.74, 6) is 0.429. The van der Waals surface area contributed by atoms with Crippen LogP contribution in [0.25, 0.3) is 0 Å². The standard InChI is InChI=1S/C19H22N8O2/c1-27-10-15(18(26-27)29-2)24-19-22-9-13(16(20)28)17(25-19)23-14-5-3-4-11-8-21-7-6-12(11)14/h3-5,9-10,21H,6-8H2,1-2H3,(H2,20,28)(H2,22,23,24,25). The molecule has 2 aromatic heterocycles. The molecule has 0 saturated carbocycles. The number of hydrogen-bond donors (Lipinski definition) is 4. The number of primary amides is 1. The monoisotopic (exact) mass is 394 g/mol. The molecule has 5 N–H and O–H groups in total. The predicted molar refractivity (Wildman–Crippen MR) is 109 cm³/mol. The molecule has 1 aromatic carbocycles. The molecule has 3 aromatic rings. The fourth-order valence-corrected chi connectivity index (χ4v) is 3.32. The molecule has 0 spiro atoms. The average Bonchev–Trinajstić information content (AvgIpc) is 3.07. The van der Waals surface area contributed by atoms with E-state index in [9.17, 15) is 4.79 Å². The predicted octanol–water partition coefficient (Wildman–Crippen LogP) is 1.45. The second-order valence-electron chi connectivity index (χ2n) is 6.67. The number of amides is 1. The Morgan fingerprint density at radius 2 is 2.17 bits per heavy atom. The number of rotatable bonds is 6. The molecule has 1 aliphatic rings. The summed E-state index contributed by atoms with van der Waals surface area (Å²) in [6, 6.07) is 6.02. The first-order chi connectivity index (χ1) is 14.0. The number of anilines is 4. The van der Waals surface area contributed by atoms with Crippen LogP contribution in [0.1, 0.15) is 21.5 Å². The third-order valence-electron chi connectivity index (χ3n) is 4.68. The number of carbonyl (C=O) groups excluding carboxylic acids is 1. The van der Waals surface area contributed by atoms with Crippen molar-refractivity contribution in [3.63, 3.8) is 0 Å². The Balaban J connectivity index is 1.69. The van der Waals surface area contributed by atoms with Crippen molar-refractivity contribution in [2.75, 3.05) is 24.3 Å². The van der Waals surface area contributed by atoms with E-state index >= 15 is 0 Å². The summed E-state index contributed by atoms with van der Waals surface area (Å²) < 4.78 is 6.86. The summed E-state index contributed by atoms with van der Waals surface area (Å²) >= 11 is 0. The fourth-order valence-electron chi connectivity index (χ4n) is 3.32. The molecule has 0 atom stereocenters. The summed E-state index contributed by atoms with van der Waals surface area (Å²) in [5, 5.41) is 13.9. The van der Waals surface area contributed by atoms with E-state index in [1.165, 1.54) is 24.4 Å². The number of methoxy groups -OCH3 is 1. The fraction of sp³-hybridized carbons (Fsp3) is 0.263. The van der Waals surface area contributed by atoms with Gasteiger partial charge in [-0.1, -0.05) is 12.1 Å². The number of nitrogens with two attached hydrogens (primary N) is 1. The third kappa shape index (κ3) is 3.83. The van der Waals surface area contributed by atoms with Gasteiger partial charge in [0.2, 0.25) is 5.95 Å². The Labute approximate surface area is 167 Å². The summed E-state index contributed by atoms with van der Waals surface area (Å²) in [7, 11) is 3.32. The first-order valence-corrected chi connectivity index (χ1v) is 9.15. The van der Waals surface area contributed by atoms with Crippen molar-refractivity contribution in [3.8, 4) is 5.88 Å². The first kappa shape index (κ1) is 18.7. The smallest absolute Gasteiger partial charge is 0.256 e. The van der Waals surface area contributed by atoms with E-state index in [1.54, 1.807) is 17.9 Å². The number of aromatic nitrogens is 4. The van der Waals surface area contributed by atoms with Gasteiger partial charge in [0.25, 0.3) is 11.8 Å². The number of fused-ring (bicyclic) bond motifs is 1. The van der Waals surface area contributed by atoms with Gasteiger partial charge in [-0.25, -0.2) is 4.98 Å². The zero-order chi connectivity index (χ0) is 20.4. The van der Waals surface area contributed by atoms with Gasteiger partial charge in [0.15, 0.2) is 0 Å². The van der Waals surface area contributed by atoms with Gasteiger partial charge in [0, 0.05) is 25.5 Å². The highest BCUT2D eigenvalue weighted by Crippen LogP contribution is 2.29. The highest BCUT2D eigenvalue weighted by Gasteiger charge is 2.18. The lowest BCUT2D eigenvalue weighted by Gasteiger charge is -2.21. The third-order valence-corrected chi connectivity index (χ3v) is 4.68. The van der Waals surface area contributed by atoms with Crippen LogP contribution in [0.3, 0.4) is 0 Å². The zero-order valence-electron chi connectivity index (χ0n) is 16.2. The summed E-state index contributed by atoms with van der Waals surface area (Å²) in [6.07, 6.45) is 4.03. The van der Waals surface area contributed by atoms with Crippen LogP contribution in [0.4, 0.5) is 23.1 Å². The van der Waals surface area contributed by atoms with Crippen molar-refractivity contribution < 1.29 is 9.53 Å². The molecule has 4 rings (SSSR count). The topological polar surface area (TPSA) is 132 Å². The lowest BCUT2D eigenvalue weighted by Crippen LogP contribution is -2.24. The molecular formula is C19H22N8O2. The number of benzene rings is 1. The average molecular weight is 394 g/mol. The molecular weight excluding hydrogens is 372 g/mol. The number of carbonyl (C=O) groups is 1. The van der Waals surface area contributed by atoms with Gasteiger partial charge >= 0.3 is 0 Å². The van der Waals surface area contributed by atoms with Crippen LogP contribution in [0, 0.1) is 0 Å². The Morgan fingerprint density at radius 3 is 2.97 bits per heavy atom. The van der Waals surface area contributed by atoms with Crippen molar-refractivity contribution in [1.29, 1.82) is 0 Å². The van der Waals surface area contributed by atoms with Gasteiger partial charge in [-0.3, -0.25) is 9.48 Å². The molecule has 10 heteroatoms. The zero-order valence-corrected chi connectivity index (χ0v) is 16.2. The Morgan fingerprint density at radius 1 is 1.31 bits per heavy atom. The minimum absolute atomic E-state index is 0.209. The van der Waals surface area contributed by atoms with Crippen LogP contribution in [0.2, 0.25) is 0 Å². The van der Waals surface area contributed by atoms with Crippen LogP contribution < -0.4 is 26.4 Å². The molecule has 29 heavy (non-hydrogen) atoms. The van der Waals surface area contributed by atoms with E-state index in [4.69, 9.17) is 10.5 Å². The molecule has 0 unspecified atom stereocenters. The van der Waals surface area contributed by atoms with E-state index in [2.05, 4.69) is 37.1 Å². The first-order valence-electron chi connectivity index (χ1n) is 9.15. The molecule has 0 radical (unpaired) electrons. The van der Waals surface area contributed by atoms with E-state index in [-0.39, 0.29) is 11.5 Å². The van der Waals surface area contributed by atoms with Crippen molar-refractivity contribution >= 4 is 29.0 Å². The summed E-state index contributed by atoms with van der Waals surface area (Å²) in [6.45, 7) is 1.71. The van der Waals surface area contributed by atoms with Gasteiger partial charge in [0.05, 0.1) is 13.3 Å². The molecule has 1 aliphatic heterocycles. The second-order valence-corrected chi connectivity index (χ2v) is 6.67. The molecule has 1 amide bonds. The maximum atomic E-state index is 11.9. The van der Waals surface area contributed by atoms with E-state index in [0.717, 1.165) is 25.2 Å². The largest absolute Gasteiger partial charge is 0.478 e. The van der Waals surface area contributed by atoms with Gasteiger partial charge in [-0.05, 0) is 30.2 Å². The number of hydrogen-bond acceptors (Lipinski definition) is 8. The van der Waals surface area contributed by atoms with E-state index < -0.39 is 5.91 Å². The normalized spacial score (nSPS) is 12.9. The van der Waals surface area contributed by atoms with Gasteiger partial charge < -0.3 is 26.4 Å². The quantitative estimate of drug-likeness (QED) is 0.494. The van der Waals surface area contributed by atoms with Crippen LogP contribution >= 0.6 is 0 Å². The molecule has 0 aliphatic carbocycles. The molecule has 0 bridgehead atoms. The highest BCUT2D eigenvalue weighted by molar-refractivity contribution is 5.98. The van der Waals surface area contributed by atoms with E-state index in [0.29, 0.717) is 17.4 Å². The second kappa shape index (κ2) is 7.76. The number of nitrogens with zero attached hydrogens (tertiary/aromatic N) is 4. The van der Waals surface area contributed by atoms with Crippen LogP contribution in [-0.4, -0.2) is 39.3 Å². The van der Waals surface area contributed by atoms with Crippen molar-refractivity contribution in [2.24, 2.45) is 12.8 Å². The van der Waals surface area contributed by atoms with Gasteiger partial charge in [0.1, 0.15) is 17.1 Å². The van der Waals surface area contributed by atoms with Crippen LogP contribution in [0.15, 0.2) is 30.6 Å². The van der Waals surface area contributed by atoms with E-state index in [1.807, 2.05) is 12.1 Å². The molecule has 0 saturated heterocycles. The molecule has 150 valence electrons. The lowest BCUT2D eigenvalue weighted by atomic mass is 9.99. The van der Waals surface area contributed by atoms with Crippen molar-refractivity contribution in [1.82, 2.24) is 25.1 Å². The number of aryl methyl sites for hydroxylation is 1. The van der Waals surface area contributed by atoms with Crippen molar-refractivity contribution in [3.05, 3.63) is 47.3 Å². The molecule has 10 nitrogen and oxygen atoms in total. The maximum Gasteiger partial charge on any atom is 0.256 e. The van der Waals surface area contributed by atoms with Gasteiger partial charge in [-0.15, -0.1) is 5.10 Å². The molecule has 0 fully saturated rings. The van der Waals surface area contributed by atoms with Crippen LogP contribution in [-0.2, 0) is 20.0 Å². The maximum absolute atomic E-state index is 11.9. The SMILES string of the molecule is COc1nn(C)cc1Nc1ncc(C(N)=O)c(Nc2cccc3c2CCNC3)n1. The Kier molecular flexibility index (Phi) is 5.00. The Bertz CT molecular complexity index is 1060. The number of ether oxygens (including phenoxy) is 1. The summed E-state index contributed by atoms with van der Waals surface area (Å²) in [4.78, 5) is 20.6. The van der Waals surface area contributed by atoms with Crippen molar-refractivity contribution in [2.45, 2.75) is 13.0 Å². The molecule has 3 heterocycles. The minimum atomic E-state index is -0.607. The highest BCUT2D eigenvalue weighted by atomic mass is 16.5. The lowest BCUT2D eigenvalue weighted by molar-refractivity contribution is 0.100. The number of nitrogens with one attached hydrogen (secondary N) is 3.